The zero-order chi connectivity index (χ0) is 14.7. The molecule has 0 aliphatic carbocycles. The number of nitrogens with zero attached hydrogens (tertiary/aromatic N) is 2. The zero-order valence-electron chi connectivity index (χ0n) is 11.9. The van der Waals surface area contributed by atoms with E-state index in [4.69, 9.17) is 0 Å². The summed E-state index contributed by atoms with van der Waals surface area (Å²) in [5.74, 6) is 0.117. The van der Waals surface area contributed by atoms with Crippen molar-refractivity contribution in [2.75, 3.05) is 29.9 Å². The third kappa shape index (κ3) is 2.85. The third-order valence-corrected chi connectivity index (χ3v) is 3.77. The molecule has 0 saturated carbocycles. The summed E-state index contributed by atoms with van der Waals surface area (Å²) in [6.07, 6.45) is 0.325. The molecule has 6 nitrogen and oxygen atoms in total. The van der Waals surface area contributed by atoms with Gasteiger partial charge in [-0.2, -0.15) is 0 Å². The Balaban J connectivity index is 2.35. The van der Waals surface area contributed by atoms with Crippen LogP contribution < -0.4 is 10.2 Å². The van der Waals surface area contributed by atoms with E-state index in [2.05, 4.69) is 5.32 Å². The fraction of sp³-hybridized carbons (Fsp3) is 0.571. The minimum Gasteiger partial charge on any atom is -0.393 e. The van der Waals surface area contributed by atoms with E-state index in [1.165, 1.54) is 0 Å². The molecule has 2 N–H and O–H groups in total. The maximum atomic E-state index is 11.4. The fourth-order valence-electron chi connectivity index (χ4n) is 2.66. The van der Waals surface area contributed by atoms with E-state index in [9.17, 15) is 15.2 Å². The van der Waals surface area contributed by atoms with Crippen molar-refractivity contribution in [3.8, 4) is 0 Å². The summed E-state index contributed by atoms with van der Waals surface area (Å²) in [6.45, 7) is 5.80. The first-order valence-corrected chi connectivity index (χ1v) is 6.98. The molecule has 2 unspecified atom stereocenters. The summed E-state index contributed by atoms with van der Waals surface area (Å²) in [6, 6.07) is 5.34. The van der Waals surface area contributed by atoms with Gasteiger partial charge >= 0.3 is 5.69 Å². The zero-order valence-corrected chi connectivity index (χ0v) is 11.9. The Labute approximate surface area is 118 Å². The number of aliphatic hydroxyl groups excluding tert-OH is 1. The van der Waals surface area contributed by atoms with Gasteiger partial charge in [0.2, 0.25) is 0 Å². The minimum absolute atomic E-state index is 0.117. The summed E-state index contributed by atoms with van der Waals surface area (Å²) in [7, 11) is 0. The lowest BCUT2D eigenvalue weighted by atomic mass is 9.96. The molecule has 1 aliphatic heterocycles. The Morgan fingerprint density at radius 1 is 1.55 bits per heavy atom. The van der Waals surface area contributed by atoms with E-state index in [1.54, 1.807) is 12.1 Å². The first-order valence-electron chi connectivity index (χ1n) is 6.98. The number of nitrogens with one attached hydrogen (secondary N) is 1. The molecule has 2 atom stereocenters. The van der Waals surface area contributed by atoms with Crippen LogP contribution in [0.4, 0.5) is 17.1 Å². The van der Waals surface area contributed by atoms with Crippen LogP contribution in [0.3, 0.4) is 0 Å². The normalized spacial score (nSPS) is 22.6. The lowest BCUT2D eigenvalue weighted by Gasteiger charge is -2.35. The van der Waals surface area contributed by atoms with Gasteiger partial charge in [0.15, 0.2) is 0 Å². The Hall–Kier alpha value is -1.82. The molecule has 0 spiro atoms. The first-order chi connectivity index (χ1) is 9.54. The van der Waals surface area contributed by atoms with Gasteiger partial charge in [-0.3, -0.25) is 10.1 Å². The van der Waals surface area contributed by atoms with Gasteiger partial charge in [0.05, 0.1) is 11.0 Å². The van der Waals surface area contributed by atoms with Crippen molar-refractivity contribution >= 4 is 17.1 Å². The average molecular weight is 279 g/mol. The second kappa shape index (κ2) is 6.09. The van der Waals surface area contributed by atoms with Crippen LogP contribution in [0.15, 0.2) is 18.2 Å². The summed E-state index contributed by atoms with van der Waals surface area (Å²) in [4.78, 5) is 13.1. The minimum atomic E-state index is -0.330. The monoisotopic (exact) mass is 279 g/mol. The quantitative estimate of drug-likeness (QED) is 0.652. The molecular formula is C14H21N3O3. The maximum absolute atomic E-state index is 11.4. The van der Waals surface area contributed by atoms with Crippen molar-refractivity contribution in [2.45, 2.75) is 26.4 Å². The van der Waals surface area contributed by atoms with Gasteiger partial charge in [-0.1, -0.05) is 13.0 Å². The van der Waals surface area contributed by atoms with Crippen LogP contribution in [-0.4, -0.2) is 35.8 Å². The summed E-state index contributed by atoms with van der Waals surface area (Å²) < 4.78 is 0. The molecule has 0 amide bonds. The Bertz CT molecular complexity index is 493. The molecule has 0 bridgehead atoms. The van der Waals surface area contributed by atoms with E-state index in [0.717, 1.165) is 0 Å². The predicted molar refractivity (Wildman–Crippen MR) is 79.3 cm³/mol. The molecule has 1 heterocycles. The highest BCUT2D eigenvalue weighted by molar-refractivity contribution is 5.77. The Morgan fingerprint density at radius 3 is 2.90 bits per heavy atom. The van der Waals surface area contributed by atoms with E-state index in [-0.39, 0.29) is 22.6 Å². The van der Waals surface area contributed by atoms with Crippen molar-refractivity contribution in [3.05, 3.63) is 28.3 Å². The summed E-state index contributed by atoms with van der Waals surface area (Å²) >= 11 is 0. The van der Waals surface area contributed by atoms with E-state index in [0.29, 0.717) is 37.4 Å². The summed E-state index contributed by atoms with van der Waals surface area (Å²) in [5.41, 5.74) is 1.30. The summed E-state index contributed by atoms with van der Waals surface area (Å²) in [5, 5.41) is 24.2. The predicted octanol–water partition coefficient (Wildman–Crippen LogP) is 2.23. The van der Waals surface area contributed by atoms with Crippen molar-refractivity contribution in [2.24, 2.45) is 5.92 Å². The molecule has 1 fully saturated rings. The SMILES string of the molecule is CCNc1cccc(N2CCC(O)C(C)C2)c1[N+](=O)[O-]. The molecule has 0 aromatic heterocycles. The molecule has 0 radical (unpaired) electrons. The number of hydrogen-bond donors (Lipinski definition) is 2. The van der Waals surface area contributed by atoms with Crippen LogP contribution in [0.25, 0.3) is 0 Å². The molecule has 1 aromatic carbocycles. The number of hydrogen-bond acceptors (Lipinski definition) is 5. The van der Waals surface area contributed by atoms with Crippen LogP contribution in [0.2, 0.25) is 0 Å². The van der Waals surface area contributed by atoms with Crippen LogP contribution in [0.1, 0.15) is 20.3 Å². The number of rotatable bonds is 4. The largest absolute Gasteiger partial charge is 0.393 e. The van der Waals surface area contributed by atoms with Crippen molar-refractivity contribution in [1.29, 1.82) is 0 Å². The maximum Gasteiger partial charge on any atom is 0.315 e. The standard InChI is InChI=1S/C14H21N3O3/c1-3-15-11-5-4-6-12(14(11)17(19)20)16-8-7-13(18)10(2)9-16/h4-6,10,13,15,18H,3,7-9H2,1-2H3. The second-order valence-corrected chi connectivity index (χ2v) is 5.24. The van der Waals surface area contributed by atoms with Crippen LogP contribution in [0, 0.1) is 16.0 Å². The van der Waals surface area contributed by atoms with E-state index >= 15 is 0 Å². The van der Waals surface area contributed by atoms with E-state index < -0.39 is 0 Å². The van der Waals surface area contributed by atoms with Gasteiger partial charge in [0.25, 0.3) is 0 Å². The number of piperidine rings is 1. The first kappa shape index (κ1) is 14.6. The van der Waals surface area contributed by atoms with Crippen LogP contribution >= 0.6 is 0 Å². The van der Waals surface area contributed by atoms with Gasteiger partial charge in [0.1, 0.15) is 11.4 Å². The van der Waals surface area contributed by atoms with Crippen molar-refractivity contribution in [3.63, 3.8) is 0 Å². The molecule has 6 heteroatoms. The Morgan fingerprint density at radius 2 is 2.30 bits per heavy atom. The van der Waals surface area contributed by atoms with Crippen molar-refractivity contribution < 1.29 is 10.0 Å². The lowest BCUT2D eigenvalue weighted by Crippen LogP contribution is -2.42. The number of aliphatic hydroxyl groups is 1. The van der Waals surface area contributed by atoms with Crippen LogP contribution in [0.5, 0.6) is 0 Å². The van der Waals surface area contributed by atoms with Gasteiger partial charge in [-0.05, 0) is 31.4 Å². The topological polar surface area (TPSA) is 78.6 Å². The number of nitro groups is 1. The molecule has 2 rings (SSSR count). The average Bonchev–Trinajstić information content (AvgIpc) is 2.42. The van der Waals surface area contributed by atoms with E-state index in [1.807, 2.05) is 24.8 Å². The highest BCUT2D eigenvalue weighted by atomic mass is 16.6. The van der Waals surface area contributed by atoms with Gasteiger partial charge < -0.3 is 15.3 Å². The molecule has 20 heavy (non-hydrogen) atoms. The molecule has 1 aliphatic rings. The fourth-order valence-corrected chi connectivity index (χ4v) is 2.66. The lowest BCUT2D eigenvalue weighted by molar-refractivity contribution is -0.383. The van der Waals surface area contributed by atoms with Gasteiger partial charge in [0, 0.05) is 19.6 Å². The van der Waals surface area contributed by atoms with Gasteiger partial charge in [-0.15, -0.1) is 0 Å². The molecular weight excluding hydrogens is 258 g/mol. The number of benzene rings is 1. The second-order valence-electron chi connectivity index (χ2n) is 5.24. The number of para-hydroxylation sites is 1. The third-order valence-electron chi connectivity index (χ3n) is 3.77. The smallest absolute Gasteiger partial charge is 0.315 e. The highest BCUT2D eigenvalue weighted by Gasteiger charge is 2.29. The number of anilines is 2. The van der Waals surface area contributed by atoms with Gasteiger partial charge in [-0.25, -0.2) is 0 Å². The highest BCUT2D eigenvalue weighted by Crippen LogP contribution is 2.37. The molecule has 110 valence electrons. The molecule has 1 saturated heterocycles. The van der Waals surface area contributed by atoms with Crippen molar-refractivity contribution in [1.82, 2.24) is 0 Å². The Kier molecular flexibility index (Phi) is 4.44. The van der Waals surface area contributed by atoms with Crippen LogP contribution in [-0.2, 0) is 0 Å². The molecule has 1 aromatic rings. The number of nitro benzene ring substituents is 1.